The van der Waals surface area contributed by atoms with Gasteiger partial charge in [0.05, 0.1) is 11.4 Å². The molecule has 5 heteroatoms. The van der Waals surface area contributed by atoms with Crippen LogP contribution in [0.5, 0.6) is 5.75 Å². The molecule has 0 saturated carbocycles. The average molecular weight is 288 g/mol. The van der Waals surface area contributed by atoms with Gasteiger partial charge in [0, 0.05) is 10.6 Å². The summed E-state index contributed by atoms with van der Waals surface area (Å²) >= 11 is 1.56. The molecule has 0 spiro atoms. The predicted octanol–water partition coefficient (Wildman–Crippen LogP) is 4.03. The van der Waals surface area contributed by atoms with E-state index in [1.807, 2.05) is 44.4 Å². The summed E-state index contributed by atoms with van der Waals surface area (Å²) in [4.78, 5) is 17.2. The van der Waals surface area contributed by atoms with Crippen LogP contribution in [0.1, 0.15) is 11.4 Å². The van der Waals surface area contributed by atoms with Gasteiger partial charge in [0.2, 0.25) is 0 Å². The Morgan fingerprint density at radius 1 is 1.25 bits per heavy atom. The number of aromatic nitrogens is 1. The number of anilines is 1. The Morgan fingerprint density at radius 2 is 1.95 bits per heavy atom. The highest BCUT2D eigenvalue weighted by atomic mass is 32.2. The quantitative estimate of drug-likeness (QED) is 0.866. The zero-order chi connectivity index (χ0) is 14.5. The van der Waals surface area contributed by atoms with Crippen LogP contribution in [0.15, 0.2) is 41.3 Å². The van der Waals surface area contributed by atoms with Crippen molar-refractivity contribution >= 4 is 23.5 Å². The van der Waals surface area contributed by atoms with Gasteiger partial charge in [0.15, 0.2) is 0 Å². The number of hydrogen-bond donors (Lipinski definition) is 1. The third kappa shape index (κ3) is 3.51. The monoisotopic (exact) mass is 288 g/mol. The van der Waals surface area contributed by atoms with Crippen molar-refractivity contribution in [1.82, 2.24) is 4.98 Å². The van der Waals surface area contributed by atoms with Crippen LogP contribution in [0.4, 0.5) is 10.5 Å². The molecule has 0 bridgehead atoms. The number of amides is 1. The first-order valence-corrected chi connectivity index (χ1v) is 7.38. The second kappa shape index (κ2) is 6.43. The van der Waals surface area contributed by atoms with E-state index in [0.29, 0.717) is 11.4 Å². The maximum atomic E-state index is 11.9. The van der Waals surface area contributed by atoms with Crippen molar-refractivity contribution in [2.45, 2.75) is 18.7 Å². The molecule has 0 aliphatic carbocycles. The number of nitrogens with one attached hydrogen (secondary N) is 1. The van der Waals surface area contributed by atoms with Crippen LogP contribution in [0, 0.1) is 13.8 Å². The lowest BCUT2D eigenvalue weighted by Crippen LogP contribution is -2.18. The summed E-state index contributed by atoms with van der Waals surface area (Å²) < 4.78 is 5.22. The third-order valence-electron chi connectivity index (χ3n) is 2.69. The Labute approximate surface area is 122 Å². The van der Waals surface area contributed by atoms with Crippen LogP contribution in [-0.2, 0) is 0 Å². The lowest BCUT2D eigenvalue weighted by Gasteiger charge is -2.13. The number of pyridine rings is 1. The molecule has 1 aromatic heterocycles. The minimum absolute atomic E-state index is 0.508. The lowest BCUT2D eigenvalue weighted by atomic mass is 10.3. The zero-order valence-electron chi connectivity index (χ0n) is 11.6. The summed E-state index contributed by atoms with van der Waals surface area (Å²) in [5.41, 5.74) is 2.40. The van der Waals surface area contributed by atoms with E-state index >= 15 is 0 Å². The van der Waals surface area contributed by atoms with Crippen molar-refractivity contribution in [1.29, 1.82) is 0 Å². The molecule has 104 valence electrons. The number of aryl methyl sites for hydroxylation is 2. The molecule has 0 radical (unpaired) electrons. The van der Waals surface area contributed by atoms with Crippen LogP contribution in [0.25, 0.3) is 0 Å². The van der Waals surface area contributed by atoms with Gasteiger partial charge in [-0.1, -0.05) is 18.2 Å². The van der Waals surface area contributed by atoms with Gasteiger partial charge in [-0.15, -0.1) is 11.8 Å². The predicted molar refractivity (Wildman–Crippen MR) is 81.6 cm³/mol. The first-order chi connectivity index (χ1) is 9.60. The first kappa shape index (κ1) is 14.4. The highest BCUT2D eigenvalue weighted by Crippen LogP contribution is 2.28. The molecule has 2 aromatic rings. The van der Waals surface area contributed by atoms with Crippen LogP contribution in [0.3, 0.4) is 0 Å². The molecule has 0 fully saturated rings. The van der Waals surface area contributed by atoms with E-state index in [1.165, 1.54) is 0 Å². The standard InChI is InChI=1S/C15H16N2O2S/c1-10-9-13(20-3)14(11(2)16-10)17-15(18)19-12-7-5-4-6-8-12/h4-9H,1-3H3,(H,17,18). The van der Waals surface area contributed by atoms with Crippen molar-refractivity contribution in [2.24, 2.45) is 0 Å². The number of nitrogens with zero attached hydrogens (tertiary/aromatic N) is 1. The molecule has 1 heterocycles. The molecule has 4 nitrogen and oxygen atoms in total. The van der Waals surface area contributed by atoms with Gasteiger partial charge >= 0.3 is 6.09 Å². The average Bonchev–Trinajstić information content (AvgIpc) is 2.42. The molecular formula is C15H16N2O2S. The number of ether oxygens (including phenoxy) is 1. The molecule has 20 heavy (non-hydrogen) atoms. The molecule has 1 aromatic carbocycles. The topological polar surface area (TPSA) is 51.2 Å². The fraction of sp³-hybridized carbons (Fsp3) is 0.200. The number of hydrogen-bond acceptors (Lipinski definition) is 4. The number of carbonyl (C=O) groups is 1. The van der Waals surface area contributed by atoms with Crippen molar-refractivity contribution in [3.05, 3.63) is 47.8 Å². The summed E-state index contributed by atoms with van der Waals surface area (Å²) in [7, 11) is 0. The normalized spacial score (nSPS) is 10.2. The van der Waals surface area contributed by atoms with Gasteiger partial charge in [-0.05, 0) is 38.3 Å². The minimum Gasteiger partial charge on any atom is -0.410 e. The van der Waals surface area contributed by atoms with Crippen LogP contribution < -0.4 is 10.1 Å². The highest BCUT2D eigenvalue weighted by Gasteiger charge is 2.12. The van der Waals surface area contributed by atoms with Gasteiger partial charge in [-0.3, -0.25) is 10.3 Å². The van der Waals surface area contributed by atoms with E-state index in [1.54, 1.807) is 23.9 Å². The van der Waals surface area contributed by atoms with Crippen LogP contribution in [-0.4, -0.2) is 17.3 Å². The van der Waals surface area contributed by atoms with Gasteiger partial charge < -0.3 is 4.74 Å². The minimum atomic E-state index is -0.514. The molecule has 1 N–H and O–H groups in total. The summed E-state index contributed by atoms with van der Waals surface area (Å²) in [6.45, 7) is 3.80. The van der Waals surface area contributed by atoms with Gasteiger partial charge in [0.25, 0.3) is 0 Å². The largest absolute Gasteiger partial charge is 0.417 e. The molecule has 0 saturated heterocycles. The fourth-order valence-corrected chi connectivity index (χ4v) is 2.52. The van der Waals surface area contributed by atoms with Crippen molar-refractivity contribution < 1.29 is 9.53 Å². The highest BCUT2D eigenvalue weighted by molar-refractivity contribution is 7.98. The van der Waals surface area contributed by atoms with Crippen molar-refractivity contribution in [2.75, 3.05) is 11.6 Å². The molecule has 0 aliphatic rings. The summed E-state index contributed by atoms with van der Waals surface area (Å²) in [6, 6.07) is 10.9. The first-order valence-electron chi connectivity index (χ1n) is 6.16. The molecule has 0 atom stereocenters. The van der Waals surface area contributed by atoms with Gasteiger partial charge in [-0.25, -0.2) is 4.79 Å². The lowest BCUT2D eigenvalue weighted by molar-refractivity contribution is 0.215. The fourth-order valence-electron chi connectivity index (χ4n) is 1.83. The SMILES string of the molecule is CSc1cc(C)nc(C)c1NC(=O)Oc1ccccc1. The van der Waals surface area contributed by atoms with Crippen molar-refractivity contribution in [3.8, 4) is 5.75 Å². The molecular weight excluding hydrogens is 272 g/mol. The smallest absolute Gasteiger partial charge is 0.410 e. The Balaban J connectivity index is 2.16. The maximum absolute atomic E-state index is 11.9. The van der Waals surface area contributed by atoms with E-state index in [-0.39, 0.29) is 0 Å². The molecule has 2 rings (SSSR count). The number of para-hydroxylation sites is 1. The van der Waals surface area contributed by atoms with Gasteiger partial charge in [0.1, 0.15) is 5.75 Å². The van der Waals surface area contributed by atoms with E-state index in [0.717, 1.165) is 16.3 Å². The van der Waals surface area contributed by atoms with Gasteiger partial charge in [-0.2, -0.15) is 0 Å². The van der Waals surface area contributed by atoms with Crippen LogP contribution in [0.2, 0.25) is 0 Å². The summed E-state index contributed by atoms with van der Waals surface area (Å²) in [5.74, 6) is 0.508. The molecule has 0 unspecified atom stereocenters. The van der Waals surface area contributed by atoms with E-state index in [4.69, 9.17) is 4.74 Å². The van der Waals surface area contributed by atoms with E-state index in [9.17, 15) is 4.79 Å². The second-order valence-electron chi connectivity index (χ2n) is 4.25. The Morgan fingerprint density at radius 3 is 2.60 bits per heavy atom. The number of thioether (sulfide) groups is 1. The second-order valence-corrected chi connectivity index (χ2v) is 5.10. The number of carbonyl (C=O) groups excluding carboxylic acids is 1. The molecule has 0 aliphatic heterocycles. The summed E-state index contributed by atoms with van der Waals surface area (Å²) in [5, 5.41) is 2.76. The van der Waals surface area contributed by atoms with E-state index < -0.39 is 6.09 Å². The Bertz CT molecular complexity index is 615. The maximum Gasteiger partial charge on any atom is 0.417 e. The third-order valence-corrected chi connectivity index (χ3v) is 3.45. The molecule has 1 amide bonds. The van der Waals surface area contributed by atoms with E-state index in [2.05, 4.69) is 10.3 Å². The Kier molecular flexibility index (Phi) is 4.63. The van der Waals surface area contributed by atoms with Crippen molar-refractivity contribution in [3.63, 3.8) is 0 Å². The Hall–Kier alpha value is -2.01. The zero-order valence-corrected chi connectivity index (χ0v) is 12.5. The van der Waals surface area contributed by atoms with Crippen LogP contribution >= 0.6 is 11.8 Å². The summed E-state index contributed by atoms with van der Waals surface area (Å²) in [6.07, 6.45) is 1.45. The number of rotatable bonds is 3. The number of benzene rings is 1.